The van der Waals surface area contributed by atoms with E-state index >= 15 is 0 Å². The molecule has 6 nitrogen and oxygen atoms in total. The molecule has 3 amide bonds. The van der Waals surface area contributed by atoms with E-state index in [4.69, 9.17) is 0 Å². The Kier molecular flexibility index (Phi) is 7.48. The van der Waals surface area contributed by atoms with Gasteiger partial charge in [0.25, 0.3) is 5.91 Å². The lowest BCUT2D eigenvalue weighted by Gasteiger charge is -2.35. The summed E-state index contributed by atoms with van der Waals surface area (Å²) < 4.78 is 0. The first-order chi connectivity index (χ1) is 16.5. The molecular weight excluding hydrogens is 424 g/mol. The number of para-hydroxylation sites is 1. The van der Waals surface area contributed by atoms with Gasteiger partial charge >= 0.3 is 6.03 Å². The highest BCUT2D eigenvalue weighted by Crippen LogP contribution is 2.25. The molecule has 6 heteroatoms. The summed E-state index contributed by atoms with van der Waals surface area (Å²) in [5, 5.41) is 9.10. The van der Waals surface area contributed by atoms with Crippen LogP contribution in [0.1, 0.15) is 47.3 Å². The molecule has 34 heavy (non-hydrogen) atoms. The fourth-order valence-corrected chi connectivity index (χ4v) is 4.30. The third-order valence-electron chi connectivity index (χ3n) is 6.28. The van der Waals surface area contributed by atoms with Gasteiger partial charge in [0, 0.05) is 30.5 Å². The van der Waals surface area contributed by atoms with Gasteiger partial charge < -0.3 is 20.9 Å². The smallest absolute Gasteiger partial charge is 0.319 e. The lowest BCUT2D eigenvalue weighted by molar-refractivity contribution is 0.0940. The van der Waals surface area contributed by atoms with Gasteiger partial charge in [-0.3, -0.25) is 4.79 Å². The van der Waals surface area contributed by atoms with E-state index in [9.17, 15) is 9.59 Å². The number of amides is 3. The summed E-state index contributed by atoms with van der Waals surface area (Å²) in [6.07, 6.45) is 1.63. The standard InChI is InChI=1S/C28H32N4O2/c1-20-12-14-23(15-13-20)30-28(34)31-24-16-18-32(19-17-24)26-11-7-6-10-25(26)27(33)29-21(2)22-8-4-3-5-9-22/h3-15,21,24H,16-19H2,1-2H3,(H,29,33)(H2,30,31,34). The fourth-order valence-electron chi connectivity index (χ4n) is 4.30. The molecule has 0 aromatic heterocycles. The van der Waals surface area contributed by atoms with E-state index in [1.165, 1.54) is 0 Å². The third-order valence-corrected chi connectivity index (χ3v) is 6.28. The number of piperidine rings is 1. The number of hydrogen-bond acceptors (Lipinski definition) is 3. The zero-order chi connectivity index (χ0) is 23.9. The van der Waals surface area contributed by atoms with E-state index in [0.29, 0.717) is 5.56 Å². The van der Waals surface area contributed by atoms with E-state index in [1.54, 1.807) is 0 Å². The van der Waals surface area contributed by atoms with Crippen LogP contribution in [0, 0.1) is 6.92 Å². The number of nitrogens with zero attached hydrogens (tertiary/aromatic N) is 1. The number of hydrogen-bond donors (Lipinski definition) is 3. The SMILES string of the molecule is Cc1ccc(NC(=O)NC2CCN(c3ccccc3C(=O)NC(C)c3ccccc3)CC2)cc1. The minimum Gasteiger partial charge on any atom is -0.371 e. The van der Waals surface area contributed by atoms with Crippen molar-refractivity contribution in [2.24, 2.45) is 0 Å². The second-order valence-corrected chi connectivity index (χ2v) is 8.85. The lowest BCUT2D eigenvalue weighted by Crippen LogP contribution is -2.46. The summed E-state index contributed by atoms with van der Waals surface area (Å²) in [6, 6.07) is 25.3. The van der Waals surface area contributed by atoms with Crippen LogP contribution >= 0.6 is 0 Å². The number of anilines is 2. The van der Waals surface area contributed by atoms with Crippen LogP contribution < -0.4 is 20.9 Å². The van der Waals surface area contributed by atoms with Crippen molar-refractivity contribution in [3.8, 4) is 0 Å². The van der Waals surface area contributed by atoms with Crippen LogP contribution in [-0.4, -0.2) is 31.1 Å². The van der Waals surface area contributed by atoms with Gasteiger partial charge in [-0.25, -0.2) is 4.79 Å². The molecule has 1 heterocycles. The van der Waals surface area contributed by atoms with Crippen LogP contribution in [0.2, 0.25) is 0 Å². The molecule has 0 spiro atoms. The Labute approximate surface area is 201 Å². The molecule has 1 aliphatic rings. The Bertz CT molecular complexity index is 1110. The first-order valence-corrected chi connectivity index (χ1v) is 11.8. The topological polar surface area (TPSA) is 73.5 Å². The van der Waals surface area contributed by atoms with Gasteiger partial charge in [0.2, 0.25) is 0 Å². The molecule has 0 bridgehead atoms. The summed E-state index contributed by atoms with van der Waals surface area (Å²) in [5.74, 6) is -0.0790. The minimum atomic E-state index is -0.183. The molecule has 1 unspecified atom stereocenters. The second-order valence-electron chi connectivity index (χ2n) is 8.85. The summed E-state index contributed by atoms with van der Waals surface area (Å²) in [6.45, 7) is 5.56. The molecule has 3 aromatic carbocycles. The molecule has 1 fully saturated rings. The van der Waals surface area contributed by atoms with E-state index < -0.39 is 0 Å². The predicted molar refractivity (Wildman–Crippen MR) is 137 cm³/mol. The molecule has 1 saturated heterocycles. The molecule has 4 rings (SSSR count). The summed E-state index contributed by atoms with van der Waals surface area (Å²) in [4.78, 5) is 27.7. The van der Waals surface area contributed by atoms with Crippen molar-refractivity contribution in [3.63, 3.8) is 0 Å². The van der Waals surface area contributed by atoms with Crippen molar-refractivity contribution in [3.05, 3.63) is 95.6 Å². The monoisotopic (exact) mass is 456 g/mol. The Morgan fingerprint density at radius 2 is 1.53 bits per heavy atom. The van der Waals surface area contributed by atoms with Crippen LogP contribution in [0.5, 0.6) is 0 Å². The van der Waals surface area contributed by atoms with Gasteiger partial charge in [0.1, 0.15) is 0 Å². The third kappa shape index (κ3) is 5.95. The minimum absolute atomic E-state index is 0.0790. The van der Waals surface area contributed by atoms with Crippen LogP contribution in [0.15, 0.2) is 78.9 Å². The molecule has 176 valence electrons. The van der Waals surface area contributed by atoms with Crippen molar-refractivity contribution in [2.45, 2.75) is 38.8 Å². The number of rotatable bonds is 6. The molecule has 1 aliphatic heterocycles. The molecule has 0 radical (unpaired) electrons. The van der Waals surface area contributed by atoms with E-state index in [-0.39, 0.29) is 24.0 Å². The normalized spacial score (nSPS) is 14.8. The highest BCUT2D eigenvalue weighted by Gasteiger charge is 2.24. The van der Waals surface area contributed by atoms with Crippen molar-refractivity contribution >= 4 is 23.3 Å². The van der Waals surface area contributed by atoms with E-state index in [1.807, 2.05) is 92.7 Å². The summed E-state index contributed by atoms with van der Waals surface area (Å²) >= 11 is 0. The Morgan fingerprint density at radius 3 is 2.24 bits per heavy atom. The van der Waals surface area contributed by atoms with Gasteiger partial charge in [-0.2, -0.15) is 0 Å². The molecule has 0 saturated carbocycles. The Balaban J connectivity index is 1.33. The van der Waals surface area contributed by atoms with Gasteiger partial charge in [-0.05, 0) is 56.5 Å². The Morgan fingerprint density at radius 1 is 0.882 bits per heavy atom. The number of nitrogens with one attached hydrogen (secondary N) is 3. The molecule has 1 atom stereocenters. The lowest BCUT2D eigenvalue weighted by atomic mass is 10.0. The molecular formula is C28H32N4O2. The maximum absolute atomic E-state index is 13.1. The van der Waals surface area contributed by atoms with Crippen LogP contribution in [0.4, 0.5) is 16.2 Å². The molecule has 3 aromatic rings. The van der Waals surface area contributed by atoms with Crippen molar-refractivity contribution < 1.29 is 9.59 Å². The van der Waals surface area contributed by atoms with E-state index in [0.717, 1.165) is 48.4 Å². The average Bonchev–Trinajstić information content (AvgIpc) is 2.86. The molecule has 3 N–H and O–H groups in total. The van der Waals surface area contributed by atoms with Crippen LogP contribution in [0.25, 0.3) is 0 Å². The van der Waals surface area contributed by atoms with Crippen molar-refractivity contribution in [1.82, 2.24) is 10.6 Å². The van der Waals surface area contributed by atoms with Crippen molar-refractivity contribution in [2.75, 3.05) is 23.3 Å². The number of urea groups is 1. The van der Waals surface area contributed by atoms with Gasteiger partial charge in [-0.1, -0.05) is 60.2 Å². The van der Waals surface area contributed by atoms with Gasteiger partial charge in [0.15, 0.2) is 0 Å². The van der Waals surface area contributed by atoms with Gasteiger partial charge in [0.05, 0.1) is 11.6 Å². The maximum atomic E-state index is 13.1. The fraction of sp³-hybridized carbons (Fsp3) is 0.286. The average molecular weight is 457 g/mol. The first kappa shape index (κ1) is 23.4. The largest absolute Gasteiger partial charge is 0.371 e. The maximum Gasteiger partial charge on any atom is 0.319 e. The van der Waals surface area contributed by atoms with Crippen molar-refractivity contribution in [1.29, 1.82) is 0 Å². The number of aryl methyl sites for hydroxylation is 1. The van der Waals surface area contributed by atoms with Crippen LogP contribution in [0.3, 0.4) is 0 Å². The summed E-state index contributed by atoms with van der Waals surface area (Å²) in [5.41, 5.74) is 4.62. The number of carbonyl (C=O) groups excluding carboxylic acids is 2. The molecule has 0 aliphatic carbocycles. The highest BCUT2D eigenvalue weighted by molar-refractivity contribution is 6.00. The quantitative estimate of drug-likeness (QED) is 0.473. The number of carbonyl (C=O) groups is 2. The first-order valence-electron chi connectivity index (χ1n) is 11.8. The highest BCUT2D eigenvalue weighted by atomic mass is 16.2. The number of benzene rings is 3. The van der Waals surface area contributed by atoms with E-state index in [2.05, 4.69) is 20.9 Å². The Hall–Kier alpha value is -3.80. The summed E-state index contributed by atoms with van der Waals surface area (Å²) in [7, 11) is 0. The zero-order valence-corrected chi connectivity index (χ0v) is 19.8. The zero-order valence-electron chi connectivity index (χ0n) is 19.8. The second kappa shape index (κ2) is 10.9. The predicted octanol–water partition coefficient (Wildman–Crippen LogP) is 5.28. The van der Waals surface area contributed by atoms with Gasteiger partial charge in [-0.15, -0.1) is 0 Å². The van der Waals surface area contributed by atoms with Crippen LogP contribution in [-0.2, 0) is 0 Å².